The second-order valence-corrected chi connectivity index (χ2v) is 7.65. The third kappa shape index (κ3) is 16.5. The van der Waals surface area contributed by atoms with Crippen LogP contribution in [-0.4, -0.2) is 58.5 Å². The van der Waals surface area contributed by atoms with Gasteiger partial charge in [-0.05, 0) is 31.6 Å². The Hall–Kier alpha value is -0.130. The molecule has 0 saturated carbocycles. The van der Waals surface area contributed by atoms with Crippen molar-refractivity contribution in [3.05, 3.63) is 0 Å². The molecule has 0 aromatic carbocycles. The van der Waals surface area contributed by atoms with Gasteiger partial charge in [0.25, 0.3) is 0 Å². The highest BCUT2D eigenvalue weighted by Gasteiger charge is 2.10. The summed E-state index contributed by atoms with van der Waals surface area (Å²) in [6.45, 7) is 8.64. The number of aliphatic imine (C=N–C) groups is 1. The molecule has 0 aromatic heterocycles. The molecule has 0 bridgehead atoms. The van der Waals surface area contributed by atoms with Crippen molar-refractivity contribution in [1.82, 2.24) is 15.4 Å². The van der Waals surface area contributed by atoms with Gasteiger partial charge in [0.15, 0.2) is 5.96 Å². The third-order valence-electron chi connectivity index (χ3n) is 2.98. The summed E-state index contributed by atoms with van der Waals surface area (Å²) in [4.78, 5) is 4.53. The van der Waals surface area contributed by atoms with E-state index in [-0.39, 0.29) is 30.6 Å². The van der Waals surface area contributed by atoms with Gasteiger partial charge in [0.2, 0.25) is 10.0 Å². The summed E-state index contributed by atoms with van der Waals surface area (Å²) >= 11 is 0. The Bertz CT molecular complexity index is 416. The molecule has 0 radical (unpaired) electrons. The maximum atomic E-state index is 11.0. The second kappa shape index (κ2) is 14.2. The Morgan fingerprint density at radius 2 is 1.87 bits per heavy atom. The van der Waals surface area contributed by atoms with Crippen LogP contribution in [0.25, 0.3) is 0 Å². The lowest BCUT2D eigenvalue weighted by Gasteiger charge is -2.17. The first kappa shape index (κ1) is 25.1. The second-order valence-electron chi connectivity index (χ2n) is 5.82. The van der Waals surface area contributed by atoms with Crippen molar-refractivity contribution in [2.75, 3.05) is 39.0 Å². The lowest BCUT2D eigenvalue weighted by atomic mass is 9.94. The van der Waals surface area contributed by atoms with Crippen molar-refractivity contribution in [2.45, 2.75) is 33.6 Å². The van der Waals surface area contributed by atoms with Crippen LogP contribution in [-0.2, 0) is 10.0 Å². The predicted octanol–water partition coefficient (Wildman–Crippen LogP) is 0.753. The van der Waals surface area contributed by atoms with Crippen molar-refractivity contribution in [2.24, 2.45) is 16.8 Å². The normalized spacial score (nSPS) is 13.6. The number of nitrogens with zero attached hydrogens (tertiary/aromatic N) is 1. The van der Waals surface area contributed by atoms with E-state index >= 15 is 0 Å². The van der Waals surface area contributed by atoms with E-state index in [1.54, 1.807) is 0 Å². The first-order valence-electron chi connectivity index (χ1n) is 7.86. The Morgan fingerprint density at radius 3 is 2.35 bits per heavy atom. The summed E-state index contributed by atoms with van der Waals surface area (Å²) < 4.78 is 24.4. The minimum Gasteiger partial charge on any atom is -0.396 e. The zero-order chi connectivity index (χ0) is 17.0. The Balaban J connectivity index is 0. The quantitative estimate of drug-likeness (QED) is 0.157. The molecule has 0 spiro atoms. The Labute approximate surface area is 158 Å². The van der Waals surface area contributed by atoms with Gasteiger partial charge >= 0.3 is 0 Å². The zero-order valence-electron chi connectivity index (χ0n) is 14.6. The smallest absolute Gasteiger partial charge is 0.208 e. The molecule has 1 atom stereocenters. The maximum absolute atomic E-state index is 11.0. The fourth-order valence-corrected chi connectivity index (χ4v) is 2.59. The van der Waals surface area contributed by atoms with Crippen LogP contribution in [0.5, 0.6) is 0 Å². The summed E-state index contributed by atoms with van der Waals surface area (Å²) in [7, 11) is -3.16. The van der Waals surface area contributed by atoms with Crippen molar-refractivity contribution < 1.29 is 13.5 Å². The number of hydrogen-bond acceptors (Lipinski definition) is 4. The van der Waals surface area contributed by atoms with Gasteiger partial charge in [-0.3, -0.25) is 4.99 Å². The molecule has 0 aromatic rings. The van der Waals surface area contributed by atoms with Crippen molar-refractivity contribution in [3.8, 4) is 0 Å². The topological polar surface area (TPSA) is 103 Å². The van der Waals surface area contributed by atoms with Gasteiger partial charge in [0.1, 0.15) is 0 Å². The molecule has 140 valence electrons. The molecular weight excluding hydrogens is 431 g/mol. The summed E-state index contributed by atoms with van der Waals surface area (Å²) in [5.41, 5.74) is 0. The molecular formula is C14H33IN4O3S. The molecule has 0 aliphatic rings. The molecule has 1 unspecified atom stereocenters. The van der Waals surface area contributed by atoms with E-state index in [2.05, 4.69) is 34.2 Å². The minimum absolute atomic E-state index is 0. The van der Waals surface area contributed by atoms with Gasteiger partial charge in [-0.15, -0.1) is 24.0 Å². The van der Waals surface area contributed by atoms with Gasteiger partial charge < -0.3 is 15.7 Å². The fraction of sp³-hybridized carbons (Fsp3) is 0.929. The van der Waals surface area contributed by atoms with Crippen LogP contribution >= 0.6 is 24.0 Å². The fourth-order valence-electron chi connectivity index (χ4n) is 2.11. The Kier molecular flexibility index (Phi) is 15.5. The van der Waals surface area contributed by atoms with E-state index in [1.165, 1.54) is 0 Å². The molecule has 0 aliphatic heterocycles. The lowest BCUT2D eigenvalue weighted by molar-refractivity contribution is 0.245. The molecule has 0 rings (SSSR count). The number of halogens is 1. The van der Waals surface area contributed by atoms with E-state index in [4.69, 9.17) is 5.11 Å². The van der Waals surface area contributed by atoms with E-state index in [9.17, 15) is 8.42 Å². The lowest BCUT2D eigenvalue weighted by Crippen LogP contribution is -2.41. The van der Waals surface area contributed by atoms with E-state index in [0.29, 0.717) is 37.4 Å². The van der Waals surface area contributed by atoms with Gasteiger partial charge in [0.05, 0.1) is 6.26 Å². The predicted molar refractivity (Wildman–Crippen MR) is 107 cm³/mol. The first-order chi connectivity index (χ1) is 10.3. The van der Waals surface area contributed by atoms with Crippen LogP contribution < -0.4 is 15.4 Å². The molecule has 23 heavy (non-hydrogen) atoms. The monoisotopic (exact) mass is 464 g/mol. The average Bonchev–Trinajstić information content (AvgIpc) is 2.39. The van der Waals surface area contributed by atoms with Crippen LogP contribution in [0.15, 0.2) is 4.99 Å². The van der Waals surface area contributed by atoms with Crippen LogP contribution in [0.4, 0.5) is 0 Å². The van der Waals surface area contributed by atoms with Crippen molar-refractivity contribution >= 4 is 40.0 Å². The highest BCUT2D eigenvalue weighted by molar-refractivity contribution is 14.0. The van der Waals surface area contributed by atoms with Gasteiger partial charge in [-0.25, -0.2) is 13.1 Å². The van der Waals surface area contributed by atoms with Gasteiger partial charge in [-0.2, -0.15) is 0 Å². The van der Waals surface area contributed by atoms with Crippen LogP contribution in [0.1, 0.15) is 33.6 Å². The van der Waals surface area contributed by atoms with Crippen molar-refractivity contribution in [1.29, 1.82) is 0 Å². The molecule has 0 aliphatic carbocycles. The van der Waals surface area contributed by atoms with E-state index < -0.39 is 10.0 Å². The molecule has 0 heterocycles. The van der Waals surface area contributed by atoms with E-state index in [0.717, 1.165) is 25.6 Å². The number of sulfonamides is 1. The standard InChI is InChI=1S/C14H32N4O3S.HI/c1-5-15-14(16-7-8-18-22(4,20)21)17-11-13(6-9-19)10-12(2)3;/h12-13,18-19H,5-11H2,1-4H3,(H2,15,16,17);1H. The number of hydrogen-bond donors (Lipinski definition) is 4. The third-order valence-corrected chi connectivity index (χ3v) is 3.70. The summed E-state index contributed by atoms with van der Waals surface area (Å²) in [5.74, 6) is 1.60. The molecule has 4 N–H and O–H groups in total. The van der Waals surface area contributed by atoms with E-state index in [1.807, 2.05) is 6.92 Å². The molecule has 9 heteroatoms. The van der Waals surface area contributed by atoms with Crippen LogP contribution in [0.3, 0.4) is 0 Å². The number of aliphatic hydroxyl groups excluding tert-OH is 1. The van der Waals surface area contributed by atoms with Gasteiger partial charge in [0, 0.05) is 32.8 Å². The minimum atomic E-state index is -3.16. The largest absolute Gasteiger partial charge is 0.396 e. The highest BCUT2D eigenvalue weighted by Crippen LogP contribution is 2.15. The SMILES string of the molecule is CCNC(=NCC(CCO)CC(C)C)NCCNS(C)(=O)=O.I. The Morgan fingerprint density at radius 1 is 1.22 bits per heavy atom. The zero-order valence-corrected chi connectivity index (χ0v) is 17.8. The van der Waals surface area contributed by atoms with Crippen molar-refractivity contribution in [3.63, 3.8) is 0 Å². The average molecular weight is 464 g/mol. The van der Waals surface area contributed by atoms with Crippen LogP contribution in [0.2, 0.25) is 0 Å². The summed E-state index contributed by atoms with van der Waals surface area (Å²) in [5, 5.41) is 15.3. The number of aliphatic hydroxyl groups is 1. The van der Waals surface area contributed by atoms with Gasteiger partial charge in [-0.1, -0.05) is 13.8 Å². The number of rotatable bonds is 11. The first-order valence-corrected chi connectivity index (χ1v) is 9.75. The maximum Gasteiger partial charge on any atom is 0.208 e. The number of guanidine groups is 1. The summed E-state index contributed by atoms with van der Waals surface area (Å²) in [6, 6.07) is 0. The molecule has 0 saturated heterocycles. The molecule has 7 nitrogen and oxygen atoms in total. The van der Waals surface area contributed by atoms with Crippen LogP contribution in [0, 0.1) is 11.8 Å². The summed E-state index contributed by atoms with van der Waals surface area (Å²) in [6.07, 6.45) is 2.91. The molecule has 0 fully saturated rings. The highest BCUT2D eigenvalue weighted by atomic mass is 127. The molecule has 0 amide bonds. The number of nitrogens with one attached hydrogen (secondary N) is 3.